The van der Waals surface area contributed by atoms with E-state index < -0.39 is 5.60 Å². The van der Waals surface area contributed by atoms with Gasteiger partial charge in [0.05, 0.1) is 24.4 Å². The van der Waals surface area contributed by atoms with Crippen molar-refractivity contribution in [1.29, 1.82) is 0 Å². The van der Waals surface area contributed by atoms with Gasteiger partial charge < -0.3 is 24.1 Å². The summed E-state index contributed by atoms with van der Waals surface area (Å²) in [5, 5.41) is 10.1. The largest absolute Gasteiger partial charge is 0.490 e. The molecule has 0 unspecified atom stereocenters. The van der Waals surface area contributed by atoms with Crippen LogP contribution in [0.15, 0.2) is 11.5 Å². The van der Waals surface area contributed by atoms with Crippen molar-refractivity contribution >= 4 is 13.0 Å². The Hall–Kier alpha value is -0.885. The molecule has 6 nitrogen and oxygen atoms in total. The Balaban J connectivity index is 1.64. The van der Waals surface area contributed by atoms with Crippen LogP contribution in [-0.2, 0) is 18.8 Å². The van der Waals surface area contributed by atoms with E-state index in [1.54, 1.807) is 4.90 Å². The molecule has 0 aromatic carbocycles. The van der Waals surface area contributed by atoms with Crippen LogP contribution in [0.5, 0.6) is 0 Å². The molecule has 0 saturated carbocycles. The van der Waals surface area contributed by atoms with Crippen molar-refractivity contribution in [2.24, 2.45) is 0 Å². The van der Waals surface area contributed by atoms with E-state index in [1.165, 1.54) is 0 Å². The molecule has 122 valence electrons. The Morgan fingerprint density at radius 1 is 1.23 bits per heavy atom. The van der Waals surface area contributed by atoms with Crippen LogP contribution in [0.2, 0.25) is 0 Å². The SMILES string of the molecule is CC1(C)OB(C2=CCN(C(=O)C3(O)COC3)CC2)OC1(C)C. The van der Waals surface area contributed by atoms with Crippen LogP contribution < -0.4 is 0 Å². The predicted octanol–water partition coefficient (Wildman–Crippen LogP) is 0.538. The van der Waals surface area contributed by atoms with Crippen molar-refractivity contribution in [3.8, 4) is 0 Å². The number of hydrogen-bond acceptors (Lipinski definition) is 5. The molecule has 1 N–H and O–H groups in total. The topological polar surface area (TPSA) is 68.2 Å². The molecule has 0 aromatic heterocycles. The second-order valence-electron chi connectivity index (χ2n) is 7.39. The van der Waals surface area contributed by atoms with E-state index in [4.69, 9.17) is 14.0 Å². The standard InChI is InChI=1S/C15H24BNO5/c1-13(2)14(3,4)22-16(21-13)11-5-7-17(8-6-11)12(18)15(19)9-20-10-15/h5,19H,6-10H2,1-4H3. The molecule has 2 fully saturated rings. The first-order valence-corrected chi connectivity index (χ1v) is 7.79. The van der Waals surface area contributed by atoms with E-state index in [-0.39, 0.29) is 37.4 Å². The summed E-state index contributed by atoms with van der Waals surface area (Å²) in [6, 6.07) is 0. The maximum Gasteiger partial charge on any atom is 0.490 e. The monoisotopic (exact) mass is 309 g/mol. The van der Waals surface area contributed by atoms with Gasteiger partial charge >= 0.3 is 7.12 Å². The number of amides is 1. The summed E-state index contributed by atoms with van der Waals surface area (Å²) in [5.74, 6) is -0.247. The van der Waals surface area contributed by atoms with Gasteiger partial charge in [0.2, 0.25) is 0 Å². The minimum absolute atomic E-state index is 0.0934. The minimum Gasteiger partial charge on any atom is -0.400 e. The Labute approximate surface area is 131 Å². The van der Waals surface area contributed by atoms with Crippen molar-refractivity contribution in [2.75, 3.05) is 26.3 Å². The van der Waals surface area contributed by atoms with E-state index >= 15 is 0 Å². The number of hydrogen-bond donors (Lipinski definition) is 1. The first-order chi connectivity index (χ1) is 10.1. The fraction of sp³-hybridized carbons (Fsp3) is 0.800. The van der Waals surface area contributed by atoms with E-state index in [0.717, 1.165) is 5.47 Å². The van der Waals surface area contributed by atoms with Crippen molar-refractivity contribution in [1.82, 2.24) is 4.90 Å². The van der Waals surface area contributed by atoms with Gasteiger partial charge in [0, 0.05) is 13.1 Å². The fourth-order valence-corrected chi connectivity index (χ4v) is 2.79. The molecule has 22 heavy (non-hydrogen) atoms. The smallest absolute Gasteiger partial charge is 0.400 e. The molecule has 3 aliphatic heterocycles. The van der Waals surface area contributed by atoms with Crippen LogP contribution in [0.25, 0.3) is 0 Å². The van der Waals surface area contributed by atoms with Gasteiger partial charge in [0.15, 0.2) is 5.60 Å². The van der Waals surface area contributed by atoms with E-state index in [2.05, 4.69) is 0 Å². The van der Waals surface area contributed by atoms with Gasteiger partial charge in [0.1, 0.15) is 0 Å². The van der Waals surface area contributed by atoms with Gasteiger partial charge in [-0.1, -0.05) is 6.08 Å². The van der Waals surface area contributed by atoms with E-state index in [1.807, 2.05) is 33.8 Å². The van der Waals surface area contributed by atoms with E-state index in [0.29, 0.717) is 19.5 Å². The highest BCUT2D eigenvalue weighted by atomic mass is 16.7. The molecule has 3 rings (SSSR count). The van der Waals surface area contributed by atoms with Gasteiger partial charge in [-0.05, 0) is 39.6 Å². The summed E-state index contributed by atoms with van der Waals surface area (Å²) in [4.78, 5) is 13.9. The van der Waals surface area contributed by atoms with Crippen LogP contribution in [0.3, 0.4) is 0 Å². The molecule has 3 aliphatic rings. The van der Waals surface area contributed by atoms with Crippen molar-refractivity contribution in [2.45, 2.75) is 50.9 Å². The minimum atomic E-state index is -1.32. The van der Waals surface area contributed by atoms with Gasteiger partial charge in [-0.25, -0.2) is 0 Å². The first-order valence-electron chi connectivity index (χ1n) is 7.79. The number of ether oxygens (including phenoxy) is 1. The Morgan fingerprint density at radius 3 is 2.23 bits per heavy atom. The summed E-state index contributed by atoms with van der Waals surface area (Å²) in [6.07, 6.45) is 2.67. The normalized spacial score (nSPS) is 29.0. The molecule has 0 spiro atoms. The van der Waals surface area contributed by atoms with Gasteiger partial charge in [-0.3, -0.25) is 4.79 Å². The highest BCUT2D eigenvalue weighted by Crippen LogP contribution is 2.39. The molecular formula is C15H24BNO5. The lowest BCUT2D eigenvalue weighted by Crippen LogP contribution is -2.61. The summed E-state index contributed by atoms with van der Waals surface area (Å²) >= 11 is 0. The van der Waals surface area contributed by atoms with Gasteiger partial charge in [-0.15, -0.1) is 0 Å². The van der Waals surface area contributed by atoms with Crippen LogP contribution in [0.1, 0.15) is 34.1 Å². The lowest BCUT2D eigenvalue weighted by atomic mass is 9.74. The Kier molecular flexibility index (Phi) is 3.68. The van der Waals surface area contributed by atoms with Crippen LogP contribution >= 0.6 is 0 Å². The lowest BCUT2D eigenvalue weighted by Gasteiger charge is -2.39. The fourth-order valence-electron chi connectivity index (χ4n) is 2.79. The maximum atomic E-state index is 12.2. The third-order valence-electron chi connectivity index (χ3n) is 5.17. The molecule has 0 aromatic rings. The highest BCUT2D eigenvalue weighted by Gasteiger charge is 2.53. The molecular weight excluding hydrogens is 285 g/mol. The van der Waals surface area contributed by atoms with Gasteiger partial charge in [-0.2, -0.15) is 0 Å². The number of aliphatic hydroxyl groups is 1. The molecule has 0 atom stereocenters. The molecule has 7 heteroatoms. The number of carbonyl (C=O) groups is 1. The number of nitrogens with zero attached hydrogens (tertiary/aromatic N) is 1. The van der Waals surface area contributed by atoms with Crippen molar-refractivity contribution in [3.63, 3.8) is 0 Å². The average Bonchev–Trinajstić information content (AvgIpc) is 2.64. The second kappa shape index (κ2) is 5.06. The quantitative estimate of drug-likeness (QED) is 0.754. The summed E-state index contributed by atoms with van der Waals surface area (Å²) < 4.78 is 17.0. The molecule has 3 heterocycles. The third kappa shape index (κ3) is 2.50. The lowest BCUT2D eigenvalue weighted by molar-refractivity contribution is -0.199. The zero-order valence-corrected chi connectivity index (χ0v) is 13.7. The maximum absolute atomic E-state index is 12.2. The summed E-state index contributed by atoms with van der Waals surface area (Å²) in [6.45, 7) is 9.33. The van der Waals surface area contributed by atoms with Crippen molar-refractivity contribution in [3.05, 3.63) is 11.5 Å². The summed E-state index contributed by atoms with van der Waals surface area (Å²) in [5.41, 5.74) is -0.969. The zero-order chi connectivity index (χ0) is 16.2. The molecule has 2 saturated heterocycles. The third-order valence-corrected chi connectivity index (χ3v) is 5.17. The second-order valence-corrected chi connectivity index (χ2v) is 7.39. The van der Waals surface area contributed by atoms with E-state index in [9.17, 15) is 9.90 Å². The van der Waals surface area contributed by atoms with Gasteiger partial charge in [0.25, 0.3) is 5.91 Å². The number of carbonyl (C=O) groups excluding carboxylic acids is 1. The zero-order valence-electron chi connectivity index (χ0n) is 13.7. The molecule has 0 radical (unpaired) electrons. The predicted molar refractivity (Wildman–Crippen MR) is 81.1 cm³/mol. The Bertz CT molecular complexity index is 496. The molecule has 0 aliphatic carbocycles. The molecule has 1 amide bonds. The van der Waals surface area contributed by atoms with Crippen molar-refractivity contribution < 1.29 is 23.9 Å². The van der Waals surface area contributed by atoms with Crippen LogP contribution in [-0.4, -0.2) is 66.1 Å². The van der Waals surface area contributed by atoms with Crippen LogP contribution in [0.4, 0.5) is 0 Å². The number of rotatable bonds is 2. The average molecular weight is 309 g/mol. The van der Waals surface area contributed by atoms with Crippen LogP contribution in [0, 0.1) is 0 Å². The summed E-state index contributed by atoms with van der Waals surface area (Å²) in [7, 11) is -0.350. The highest BCUT2D eigenvalue weighted by molar-refractivity contribution is 6.54. The molecule has 0 bridgehead atoms. The Morgan fingerprint density at radius 2 is 1.82 bits per heavy atom. The first kappa shape index (κ1) is 16.0.